The molecule has 0 aromatic heterocycles. The van der Waals surface area contributed by atoms with Crippen LogP contribution < -0.4 is 5.73 Å². The van der Waals surface area contributed by atoms with Gasteiger partial charge in [-0.25, -0.2) is 0 Å². The van der Waals surface area contributed by atoms with Gasteiger partial charge in [-0.2, -0.15) is 0 Å². The summed E-state index contributed by atoms with van der Waals surface area (Å²) in [4.78, 5) is 6.87. The predicted octanol–water partition coefficient (Wildman–Crippen LogP) is 2.63. The van der Waals surface area contributed by atoms with E-state index in [4.69, 9.17) is 5.73 Å². The topological polar surface area (TPSA) is 41.6 Å². The van der Waals surface area contributed by atoms with E-state index in [2.05, 4.69) is 37.2 Å². The van der Waals surface area contributed by atoms with Crippen molar-refractivity contribution in [2.24, 2.45) is 28.5 Å². The molecule has 1 saturated carbocycles. The Balaban J connectivity index is 2.32. The Kier molecular flexibility index (Phi) is 3.69. The summed E-state index contributed by atoms with van der Waals surface area (Å²) in [5, 5.41) is 0. The summed E-state index contributed by atoms with van der Waals surface area (Å²) < 4.78 is 0. The maximum Gasteiger partial charge on any atom is 0.192 e. The Bertz CT molecular complexity index is 348. The zero-order valence-corrected chi connectivity index (χ0v) is 12.0. The number of nitrogens with zero attached hydrogens (tertiary/aromatic N) is 2. The lowest BCUT2D eigenvalue weighted by atomic mass is 9.64. The van der Waals surface area contributed by atoms with E-state index in [1.807, 2.05) is 6.08 Å². The predicted molar refractivity (Wildman–Crippen MR) is 77.5 cm³/mol. The lowest BCUT2D eigenvalue weighted by Gasteiger charge is -2.51. The smallest absolute Gasteiger partial charge is 0.192 e. The standard InChI is InChI=1S/C15H27N3/c1-5-8-18-14(16)17-10-15(18)9-12(4)6-7-13(15)11(2)3/h5,11-13H,1,6-10H2,2-4H3,(H2,16,17). The first kappa shape index (κ1) is 13.4. The summed E-state index contributed by atoms with van der Waals surface area (Å²) in [6.45, 7) is 12.6. The summed E-state index contributed by atoms with van der Waals surface area (Å²) in [7, 11) is 0. The van der Waals surface area contributed by atoms with E-state index < -0.39 is 0 Å². The second kappa shape index (κ2) is 4.94. The largest absolute Gasteiger partial charge is 0.370 e. The maximum absolute atomic E-state index is 6.11. The quantitative estimate of drug-likeness (QED) is 0.781. The number of hydrogen-bond donors (Lipinski definition) is 1. The summed E-state index contributed by atoms with van der Waals surface area (Å²) in [5.74, 6) is 2.87. The first-order valence-electron chi connectivity index (χ1n) is 7.19. The molecule has 3 heteroatoms. The molecule has 0 saturated heterocycles. The number of guanidine groups is 1. The molecule has 3 atom stereocenters. The molecular formula is C15H27N3. The van der Waals surface area contributed by atoms with Crippen LogP contribution in [0.15, 0.2) is 17.6 Å². The Morgan fingerprint density at radius 3 is 2.89 bits per heavy atom. The van der Waals surface area contributed by atoms with Gasteiger partial charge in [0.15, 0.2) is 5.96 Å². The summed E-state index contributed by atoms with van der Waals surface area (Å²) in [6, 6.07) is 0. The molecule has 1 aliphatic carbocycles. The second-order valence-electron chi connectivity index (χ2n) is 6.41. The molecule has 18 heavy (non-hydrogen) atoms. The number of rotatable bonds is 3. The highest BCUT2D eigenvalue weighted by atomic mass is 15.4. The zero-order valence-electron chi connectivity index (χ0n) is 12.0. The van der Waals surface area contributed by atoms with Crippen molar-refractivity contribution in [3.05, 3.63) is 12.7 Å². The van der Waals surface area contributed by atoms with Crippen LogP contribution in [0.1, 0.15) is 40.0 Å². The van der Waals surface area contributed by atoms with Crippen molar-refractivity contribution in [3.8, 4) is 0 Å². The molecule has 3 unspecified atom stereocenters. The highest BCUT2D eigenvalue weighted by molar-refractivity contribution is 5.81. The SMILES string of the molecule is C=CCN1C(N)=NCC12CC(C)CCC2C(C)C. The van der Waals surface area contributed by atoms with Gasteiger partial charge in [0.2, 0.25) is 0 Å². The fourth-order valence-electron chi connectivity index (χ4n) is 4.06. The minimum atomic E-state index is 0.157. The molecule has 0 radical (unpaired) electrons. The van der Waals surface area contributed by atoms with Gasteiger partial charge in [-0.15, -0.1) is 6.58 Å². The summed E-state index contributed by atoms with van der Waals surface area (Å²) in [5.41, 5.74) is 6.26. The van der Waals surface area contributed by atoms with E-state index in [9.17, 15) is 0 Å². The van der Waals surface area contributed by atoms with Crippen LogP contribution in [0.5, 0.6) is 0 Å². The third-order valence-electron chi connectivity index (χ3n) is 4.81. The number of aliphatic imine (C=N–C) groups is 1. The van der Waals surface area contributed by atoms with Gasteiger partial charge in [0.1, 0.15) is 0 Å². The normalized spacial score (nSPS) is 36.2. The highest BCUT2D eigenvalue weighted by Crippen LogP contribution is 2.46. The highest BCUT2D eigenvalue weighted by Gasteiger charge is 2.51. The van der Waals surface area contributed by atoms with Gasteiger partial charge in [-0.1, -0.05) is 33.3 Å². The Morgan fingerprint density at radius 2 is 2.28 bits per heavy atom. The van der Waals surface area contributed by atoms with E-state index in [1.165, 1.54) is 19.3 Å². The molecule has 0 aromatic carbocycles. The van der Waals surface area contributed by atoms with Crippen LogP contribution in [-0.2, 0) is 0 Å². The minimum absolute atomic E-state index is 0.157. The molecular weight excluding hydrogens is 222 g/mol. The monoisotopic (exact) mass is 249 g/mol. The van der Waals surface area contributed by atoms with Crippen LogP contribution in [0.2, 0.25) is 0 Å². The molecule has 2 N–H and O–H groups in total. The Labute approximate surface area is 111 Å². The molecule has 102 valence electrons. The Hall–Kier alpha value is -0.990. The molecule has 0 aromatic rings. The molecule has 2 rings (SSSR count). The zero-order chi connectivity index (χ0) is 13.3. The van der Waals surface area contributed by atoms with Crippen molar-refractivity contribution in [2.45, 2.75) is 45.6 Å². The van der Waals surface area contributed by atoms with Gasteiger partial charge in [0.25, 0.3) is 0 Å². The van der Waals surface area contributed by atoms with Crippen molar-refractivity contribution in [3.63, 3.8) is 0 Å². The van der Waals surface area contributed by atoms with Crippen molar-refractivity contribution >= 4 is 5.96 Å². The van der Waals surface area contributed by atoms with E-state index in [0.717, 1.165) is 25.0 Å². The van der Waals surface area contributed by atoms with Crippen LogP contribution in [0.4, 0.5) is 0 Å². The van der Waals surface area contributed by atoms with Gasteiger partial charge in [-0.3, -0.25) is 4.99 Å². The Morgan fingerprint density at radius 1 is 1.56 bits per heavy atom. The van der Waals surface area contributed by atoms with Gasteiger partial charge in [0.05, 0.1) is 12.1 Å². The lowest BCUT2D eigenvalue weighted by molar-refractivity contribution is 0.0293. The minimum Gasteiger partial charge on any atom is -0.370 e. The third kappa shape index (κ3) is 2.04. The van der Waals surface area contributed by atoms with Crippen LogP contribution in [-0.4, -0.2) is 29.5 Å². The van der Waals surface area contributed by atoms with Crippen LogP contribution in [0.25, 0.3) is 0 Å². The van der Waals surface area contributed by atoms with E-state index >= 15 is 0 Å². The van der Waals surface area contributed by atoms with Gasteiger partial charge in [-0.05, 0) is 30.6 Å². The van der Waals surface area contributed by atoms with Gasteiger partial charge < -0.3 is 10.6 Å². The molecule has 3 nitrogen and oxygen atoms in total. The second-order valence-corrected chi connectivity index (χ2v) is 6.41. The van der Waals surface area contributed by atoms with E-state index in [1.54, 1.807) is 0 Å². The van der Waals surface area contributed by atoms with Crippen molar-refractivity contribution < 1.29 is 0 Å². The fraction of sp³-hybridized carbons (Fsp3) is 0.800. The summed E-state index contributed by atoms with van der Waals surface area (Å²) >= 11 is 0. The first-order chi connectivity index (χ1) is 8.51. The average Bonchev–Trinajstić information content (AvgIpc) is 2.59. The van der Waals surface area contributed by atoms with Gasteiger partial charge >= 0.3 is 0 Å². The van der Waals surface area contributed by atoms with Crippen molar-refractivity contribution in [2.75, 3.05) is 13.1 Å². The first-order valence-corrected chi connectivity index (χ1v) is 7.19. The van der Waals surface area contributed by atoms with Crippen LogP contribution in [0, 0.1) is 17.8 Å². The lowest BCUT2D eigenvalue weighted by Crippen LogP contribution is -2.59. The molecule has 1 heterocycles. The maximum atomic E-state index is 6.11. The number of hydrogen-bond acceptors (Lipinski definition) is 3. The van der Waals surface area contributed by atoms with Crippen LogP contribution >= 0.6 is 0 Å². The number of nitrogens with two attached hydrogens (primary N) is 1. The van der Waals surface area contributed by atoms with E-state index in [-0.39, 0.29) is 5.54 Å². The van der Waals surface area contributed by atoms with Gasteiger partial charge in [0, 0.05) is 6.54 Å². The molecule has 1 aliphatic heterocycles. The van der Waals surface area contributed by atoms with Crippen molar-refractivity contribution in [1.29, 1.82) is 0 Å². The van der Waals surface area contributed by atoms with Crippen molar-refractivity contribution in [1.82, 2.24) is 4.90 Å². The molecule has 2 aliphatic rings. The molecule has 0 amide bonds. The van der Waals surface area contributed by atoms with Crippen LogP contribution in [0.3, 0.4) is 0 Å². The molecule has 1 spiro atoms. The fourth-order valence-corrected chi connectivity index (χ4v) is 4.06. The van der Waals surface area contributed by atoms with E-state index in [0.29, 0.717) is 11.8 Å². The molecule has 1 fully saturated rings. The summed E-state index contributed by atoms with van der Waals surface area (Å²) in [6.07, 6.45) is 5.81. The third-order valence-corrected chi connectivity index (χ3v) is 4.81. The average molecular weight is 249 g/mol. The molecule has 0 bridgehead atoms.